The van der Waals surface area contributed by atoms with Crippen LogP contribution in [0.3, 0.4) is 0 Å². The maximum absolute atomic E-state index is 12.2. The Kier molecular flexibility index (Phi) is 7.91. The number of carbonyl (C=O) groups excluding carboxylic acids is 1. The Balaban J connectivity index is 0.00000242. The van der Waals surface area contributed by atoms with E-state index >= 15 is 0 Å². The van der Waals surface area contributed by atoms with Gasteiger partial charge in [-0.25, -0.2) is 0 Å². The number of carbonyl (C=O) groups is 1. The molecule has 1 aromatic carbocycles. The third-order valence-corrected chi connectivity index (χ3v) is 4.60. The van der Waals surface area contributed by atoms with Gasteiger partial charge in [0.25, 0.3) is 0 Å². The third-order valence-electron chi connectivity index (χ3n) is 4.60. The van der Waals surface area contributed by atoms with Gasteiger partial charge in [-0.05, 0) is 57.2 Å². The van der Waals surface area contributed by atoms with Gasteiger partial charge in [0.1, 0.15) is 0 Å². The van der Waals surface area contributed by atoms with Crippen molar-refractivity contribution in [2.24, 2.45) is 11.8 Å². The lowest BCUT2D eigenvalue weighted by Gasteiger charge is -2.28. The molecule has 1 aliphatic rings. The predicted molar refractivity (Wildman–Crippen MR) is 94.4 cm³/mol. The van der Waals surface area contributed by atoms with Gasteiger partial charge in [-0.3, -0.25) is 4.79 Å². The fourth-order valence-corrected chi connectivity index (χ4v) is 3.06. The zero-order valence-corrected chi connectivity index (χ0v) is 14.7. The molecule has 2 N–H and O–H groups in total. The van der Waals surface area contributed by atoms with Crippen molar-refractivity contribution in [1.82, 2.24) is 10.6 Å². The van der Waals surface area contributed by atoms with E-state index in [1.165, 1.54) is 24.0 Å². The van der Waals surface area contributed by atoms with Gasteiger partial charge in [0.05, 0.1) is 6.04 Å². The van der Waals surface area contributed by atoms with E-state index < -0.39 is 0 Å². The van der Waals surface area contributed by atoms with Crippen LogP contribution in [0.15, 0.2) is 24.3 Å². The molecule has 1 saturated heterocycles. The van der Waals surface area contributed by atoms with Crippen molar-refractivity contribution in [2.45, 2.75) is 46.1 Å². The molecule has 0 aliphatic carbocycles. The predicted octanol–water partition coefficient (Wildman–Crippen LogP) is 3.62. The van der Waals surface area contributed by atoms with Gasteiger partial charge in [-0.15, -0.1) is 12.4 Å². The Morgan fingerprint density at radius 3 is 2.59 bits per heavy atom. The van der Waals surface area contributed by atoms with E-state index in [2.05, 4.69) is 55.7 Å². The van der Waals surface area contributed by atoms with E-state index in [4.69, 9.17) is 0 Å². The molecule has 3 atom stereocenters. The van der Waals surface area contributed by atoms with Crippen LogP contribution in [0.2, 0.25) is 0 Å². The van der Waals surface area contributed by atoms with Crippen molar-refractivity contribution < 1.29 is 4.79 Å². The van der Waals surface area contributed by atoms with Crippen LogP contribution in [0.4, 0.5) is 0 Å². The van der Waals surface area contributed by atoms with Crippen molar-refractivity contribution in [3.8, 4) is 0 Å². The second-order valence-corrected chi connectivity index (χ2v) is 6.49. The maximum Gasteiger partial charge on any atom is 0.220 e. The van der Waals surface area contributed by atoms with Crippen LogP contribution in [-0.2, 0) is 4.79 Å². The number of piperidine rings is 1. The summed E-state index contributed by atoms with van der Waals surface area (Å²) in [6.07, 6.45) is 3.11. The lowest BCUT2D eigenvalue weighted by atomic mass is 9.85. The first kappa shape index (κ1) is 19.0. The highest BCUT2D eigenvalue weighted by molar-refractivity contribution is 5.85. The monoisotopic (exact) mass is 324 g/mol. The molecule has 4 heteroatoms. The normalized spacial score (nSPS) is 20.6. The quantitative estimate of drug-likeness (QED) is 0.868. The van der Waals surface area contributed by atoms with Crippen LogP contribution >= 0.6 is 12.4 Å². The molecule has 1 heterocycles. The van der Waals surface area contributed by atoms with Gasteiger partial charge < -0.3 is 10.6 Å². The number of hydrogen-bond donors (Lipinski definition) is 2. The standard InChI is InChI=1S/C18H28N2O.ClH/c1-13-6-8-16(9-7-13)15(3)20-18(21)11-14(2)17-5-4-10-19-12-17;/h6-9,14-15,17,19H,4-5,10-12H2,1-3H3,(H,20,21);1H. The second-order valence-electron chi connectivity index (χ2n) is 6.49. The van der Waals surface area contributed by atoms with Crippen LogP contribution in [0.5, 0.6) is 0 Å². The number of nitrogens with one attached hydrogen (secondary N) is 2. The summed E-state index contributed by atoms with van der Waals surface area (Å²) in [5.74, 6) is 1.25. The molecule has 1 amide bonds. The number of hydrogen-bond acceptors (Lipinski definition) is 2. The molecule has 0 saturated carbocycles. The molecular weight excluding hydrogens is 296 g/mol. The zero-order chi connectivity index (χ0) is 15.2. The van der Waals surface area contributed by atoms with Gasteiger partial charge >= 0.3 is 0 Å². The number of rotatable bonds is 5. The second kappa shape index (κ2) is 9.16. The smallest absolute Gasteiger partial charge is 0.220 e. The molecule has 3 unspecified atom stereocenters. The van der Waals surface area contributed by atoms with Gasteiger partial charge in [-0.1, -0.05) is 36.8 Å². The average Bonchev–Trinajstić information content (AvgIpc) is 2.48. The Morgan fingerprint density at radius 1 is 1.32 bits per heavy atom. The minimum Gasteiger partial charge on any atom is -0.350 e. The van der Waals surface area contributed by atoms with Crippen LogP contribution in [0.25, 0.3) is 0 Å². The molecule has 0 aromatic heterocycles. The Hall–Kier alpha value is -1.06. The number of halogens is 1. The lowest BCUT2D eigenvalue weighted by molar-refractivity contribution is -0.123. The minimum atomic E-state index is 0. The summed E-state index contributed by atoms with van der Waals surface area (Å²) in [6.45, 7) is 8.51. The molecule has 124 valence electrons. The molecule has 1 aromatic rings. The number of benzene rings is 1. The summed E-state index contributed by atoms with van der Waals surface area (Å²) < 4.78 is 0. The summed E-state index contributed by atoms with van der Waals surface area (Å²) in [7, 11) is 0. The molecule has 0 radical (unpaired) electrons. The molecular formula is C18H29ClN2O. The van der Waals surface area contributed by atoms with E-state index in [1.807, 2.05) is 0 Å². The third kappa shape index (κ3) is 5.62. The van der Waals surface area contributed by atoms with Crippen molar-refractivity contribution in [3.63, 3.8) is 0 Å². The van der Waals surface area contributed by atoms with E-state index in [-0.39, 0.29) is 24.4 Å². The Morgan fingerprint density at radius 2 is 2.00 bits per heavy atom. The lowest BCUT2D eigenvalue weighted by Crippen LogP contribution is -2.36. The van der Waals surface area contributed by atoms with Crippen LogP contribution in [-0.4, -0.2) is 19.0 Å². The van der Waals surface area contributed by atoms with Gasteiger partial charge in [0, 0.05) is 6.42 Å². The molecule has 3 nitrogen and oxygen atoms in total. The first-order chi connectivity index (χ1) is 10.1. The molecule has 1 aliphatic heterocycles. The number of amides is 1. The largest absolute Gasteiger partial charge is 0.350 e. The average molecular weight is 325 g/mol. The highest BCUT2D eigenvalue weighted by atomic mass is 35.5. The SMILES string of the molecule is Cc1ccc(C(C)NC(=O)CC(C)C2CCCNC2)cc1.Cl. The van der Waals surface area contributed by atoms with Gasteiger partial charge in [-0.2, -0.15) is 0 Å². The summed E-state index contributed by atoms with van der Waals surface area (Å²) in [6, 6.07) is 8.45. The maximum atomic E-state index is 12.2. The first-order valence-corrected chi connectivity index (χ1v) is 8.13. The highest BCUT2D eigenvalue weighted by Gasteiger charge is 2.22. The fraction of sp³-hybridized carbons (Fsp3) is 0.611. The number of aryl methyl sites for hydroxylation is 1. The van der Waals surface area contributed by atoms with E-state index in [0.717, 1.165) is 13.1 Å². The molecule has 0 bridgehead atoms. The first-order valence-electron chi connectivity index (χ1n) is 8.13. The molecule has 0 spiro atoms. The van der Waals surface area contributed by atoms with Crippen LogP contribution in [0, 0.1) is 18.8 Å². The van der Waals surface area contributed by atoms with Crippen LogP contribution < -0.4 is 10.6 Å². The summed E-state index contributed by atoms with van der Waals surface area (Å²) in [5.41, 5.74) is 2.41. The summed E-state index contributed by atoms with van der Waals surface area (Å²) in [4.78, 5) is 12.2. The topological polar surface area (TPSA) is 41.1 Å². The highest BCUT2D eigenvalue weighted by Crippen LogP contribution is 2.23. The minimum absolute atomic E-state index is 0. The van der Waals surface area contributed by atoms with Crippen molar-refractivity contribution in [2.75, 3.05) is 13.1 Å². The van der Waals surface area contributed by atoms with Crippen LogP contribution in [0.1, 0.15) is 50.3 Å². The molecule has 22 heavy (non-hydrogen) atoms. The Labute approximate surface area is 140 Å². The van der Waals surface area contributed by atoms with E-state index in [1.54, 1.807) is 0 Å². The fourth-order valence-electron chi connectivity index (χ4n) is 3.06. The van der Waals surface area contributed by atoms with Gasteiger partial charge in [0.15, 0.2) is 0 Å². The van der Waals surface area contributed by atoms with E-state index in [9.17, 15) is 4.79 Å². The van der Waals surface area contributed by atoms with Gasteiger partial charge in [0.2, 0.25) is 5.91 Å². The zero-order valence-electron chi connectivity index (χ0n) is 13.9. The molecule has 2 rings (SSSR count). The van der Waals surface area contributed by atoms with Crippen molar-refractivity contribution in [1.29, 1.82) is 0 Å². The Bertz CT molecular complexity index is 455. The van der Waals surface area contributed by atoms with Crippen molar-refractivity contribution in [3.05, 3.63) is 35.4 Å². The molecule has 1 fully saturated rings. The summed E-state index contributed by atoms with van der Waals surface area (Å²) in [5, 5.41) is 6.56. The summed E-state index contributed by atoms with van der Waals surface area (Å²) >= 11 is 0. The van der Waals surface area contributed by atoms with Crippen molar-refractivity contribution >= 4 is 18.3 Å². The van der Waals surface area contributed by atoms with E-state index in [0.29, 0.717) is 18.3 Å².